The first-order chi connectivity index (χ1) is 16.6. The number of halogens is 3. The molecule has 182 valence electrons. The second-order valence-corrected chi connectivity index (χ2v) is 9.09. The molecule has 8 heteroatoms. The van der Waals surface area contributed by atoms with Crippen LogP contribution >= 0.6 is 0 Å². The van der Waals surface area contributed by atoms with Crippen molar-refractivity contribution in [3.63, 3.8) is 0 Å². The maximum absolute atomic E-state index is 12.9. The smallest absolute Gasteiger partial charge is 0.416 e. The first-order valence-corrected chi connectivity index (χ1v) is 11.6. The van der Waals surface area contributed by atoms with Crippen molar-refractivity contribution in [1.29, 1.82) is 0 Å². The monoisotopic (exact) mass is 483 g/mol. The third kappa shape index (κ3) is 4.22. The van der Waals surface area contributed by atoms with E-state index >= 15 is 0 Å². The molecule has 0 unspecified atom stereocenters. The minimum absolute atomic E-state index is 0.0508. The lowest BCUT2D eigenvalue weighted by Crippen LogP contribution is -2.17. The molecule has 4 aromatic rings. The number of fused-ring (bicyclic) bond motifs is 4. The Morgan fingerprint density at radius 1 is 1.00 bits per heavy atom. The van der Waals surface area contributed by atoms with Crippen LogP contribution in [0.25, 0.3) is 21.9 Å². The number of rotatable bonds is 4. The number of hydrogen-bond donors (Lipinski definition) is 1. The van der Waals surface area contributed by atoms with Gasteiger partial charge >= 0.3 is 11.8 Å². The molecule has 0 bridgehead atoms. The molecule has 5 rings (SSSR count). The van der Waals surface area contributed by atoms with Crippen molar-refractivity contribution in [1.82, 2.24) is 0 Å². The zero-order chi connectivity index (χ0) is 24.9. The molecule has 2 aromatic carbocycles. The van der Waals surface area contributed by atoms with E-state index in [1.165, 1.54) is 17.7 Å². The summed E-state index contributed by atoms with van der Waals surface area (Å²) in [7, 11) is 0. The fraction of sp³-hybridized carbons (Fsp3) is 0.333. The molecule has 2 heterocycles. The van der Waals surface area contributed by atoms with E-state index in [4.69, 9.17) is 8.83 Å². The molecule has 1 aliphatic carbocycles. The Morgan fingerprint density at radius 3 is 2.51 bits per heavy atom. The van der Waals surface area contributed by atoms with E-state index in [1.807, 2.05) is 19.9 Å². The van der Waals surface area contributed by atoms with E-state index in [2.05, 4.69) is 5.32 Å². The van der Waals surface area contributed by atoms with E-state index in [0.29, 0.717) is 11.1 Å². The minimum atomic E-state index is -4.50. The Balaban J connectivity index is 1.43. The normalized spacial score (nSPS) is 13.9. The van der Waals surface area contributed by atoms with Gasteiger partial charge in [-0.15, -0.1) is 0 Å². The molecular formula is C27H24F3NO4. The van der Waals surface area contributed by atoms with Crippen LogP contribution in [0.15, 0.2) is 44.0 Å². The number of furan rings is 1. The third-order valence-corrected chi connectivity index (χ3v) is 6.80. The van der Waals surface area contributed by atoms with Crippen LogP contribution in [0, 0.1) is 13.8 Å². The van der Waals surface area contributed by atoms with E-state index in [1.54, 1.807) is 0 Å². The SMILES string of the molecule is Cc1c(CCC(=O)Nc2cccc(C(F)(F)F)c2)c(=O)oc2c(C)c3oc4c(c3cc12)CCCC4. The minimum Gasteiger partial charge on any atom is -0.460 e. The number of aryl methyl sites for hydroxylation is 4. The van der Waals surface area contributed by atoms with Crippen molar-refractivity contribution in [2.75, 3.05) is 5.32 Å². The second kappa shape index (κ2) is 8.59. The van der Waals surface area contributed by atoms with Crippen molar-refractivity contribution < 1.29 is 26.8 Å². The highest BCUT2D eigenvalue weighted by Gasteiger charge is 2.30. The van der Waals surface area contributed by atoms with Crippen molar-refractivity contribution in [2.24, 2.45) is 0 Å². The van der Waals surface area contributed by atoms with E-state index in [0.717, 1.165) is 71.1 Å². The first-order valence-electron chi connectivity index (χ1n) is 11.6. The lowest BCUT2D eigenvalue weighted by molar-refractivity contribution is -0.137. The van der Waals surface area contributed by atoms with Gasteiger partial charge in [0.25, 0.3) is 0 Å². The first kappa shape index (κ1) is 23.2. The van der Waals surface area contributed by atoms with Crippen molar-refractivity contribution >= 4 is 33.5 Å². The van der Waals surface area contributed by atoms with Crippen LogP contribution in [0.1, 0.15) is 52.8 Å². The van der Waals surface area contributed by atoms with Gasteiger partial charge in [0.15, 0.2) is 0 Å². The lowest BCUT2D eigenvalue weighted by Gasteiger charge is -2.12. The standard InChI is InChI=1S/C27H24F3NO4/c1-14-18(10-11-23(32)31-17-7-5-6-16(12-17)27(28,29)30)26(33)35-24-15(2)25-21(13-20(14)24)19-8-3-4-9-22(19)34-25/h5-7,12-13H,3-4,8-11H2,1-2H3,(H,31,32). The van der Waals surface area contributed by atoms with Gasteiger partial charge in [-0.2, -0.15) is 13.2 Å². The molecule has 0 saturated heterocycles. The van der Waals surface area contributed by atoms with E-state index in [-0.39, 0.29) is 18.5 Å². The van der Waals surface area contributed by atoms with Gasteiger partial charge in [0.2, 0.25) is 5.91 Å². The molecule has 1 aliphatic rings. The van der Waals surface area contributed by atoms with Gasteiger partial charge in [0, 0.05) is 46.0 Å². The molecule has 1 N–H and O–H groups in total. The number of benzene rings is 2. The van der Waals surface area contributed by atoms with Crippen LogP contribution < -0.4 is 10.9 Å². The highest BCUT2D eigenvalue weighted by molar-refractivity contribution is 6.00. The molecule has 0 saturated carbocycles. The van der Waals surface area contributed by atoms with E-state index in [9.17, 15) is 22.8 Å². The van der Waals surface area contributed by atoms with Gasteiger partial charge in [0.1, 0.15) is 16.9 Å². The summed E-state index contributed by atoms with van der Waals surface area (Å²) < 4.78 is 50.6. The summed E-state index contributed by atoms with van der Waals surface area (Å²) >= 11 is 0. The number of amides is 1. The molecule has 0 radical (unpaired) electrons. The predicted molar refractivity (Wildman–Crippen MR) is 127 cm³/mol. The Hall–Kier alpha value is -3.55. The van der Waals surface area contributed by atoms with Crippen molar-refractivity contribution in [3.8, 4) is 0 Å². The summed E-state index contributed by atoms with van der Waals surface area (Å²) in [6.45, 7) is 3.71. The van der Waals surface area contributed by atoms with Crippen molar-refractivity contribution in [2.45, 2.75) is 58.5 Å². The number of alkyl halides is 3. The third-order valence-electron chi connectivity index (χ3n) is 6.80. The second-order valence-electron chi connectivity index (χ2n) is 9.09. The van der Waals surface area contributed by atoms with Gasteiger partial charge in [0.05, 0.1) is 5.56 Å². The molecule has 1 amide bonds. The average Bonchev–Trinajstić information content (AvgIpc) is 3.19. The average molecular weight is 483 g/mol. The Bertz CT molecular complexity index is 1530. The highest BCUT2D eigenvalue weighted by Crippen LogP contribution is 2.38. The van der Waals surface area contributed by atoms with Crippen molar-refractivity contribution in [3.05, 3.63) is 74.3 Å². The Morgan fingerprint density at radius 2 is 1.74 bits per heavy atom. The van der Waals surface area contributed by atoms with Crippen LogP contribution in [0.5, 0.6) is 0 Å². The van der Waals surface area contributed by atoms with Gasteiger partial charge in [-0.1, -0.05) is 6.07 Å². The molecule has 5 nitrogen and oxygen atoms in total. The molecule has 0 fully saturated rings. The van der Waals surface area contributed by atoms with Gasteiger partial charge < -0.3 is 14.2 Å². The zero-order valence-electron chi connectivity index (χ0n) is 19.4. The van der Waals surface area contributed by atoms with Crippen LogP contribution in [-0.2, 0) is 30.2 Å². The maximum atomic E-state index is 12.9. The molecule has 0 atom stereocenters. The number of hydrogen-bond acceptors (Lipinski definition) is 4. The van der Waals surface area contributed by atoms with E-state index < -0.39 is 23.3 Å². The summed E-state index contributed by atoms with van der Waals surface area (Å²) in [6, 6.07) is 6.46. The van der Waals surface area contributed by atoms with Gasteiger partial charge in [-0.3, -0.25) is 4.79 Å². The summed E-state index contributed by atoms with van der Waals surface area (Å²) in [5, 5.41) is 4.32. The predicted octanol–water partition coefficient (Wildman–Crippen LogP) is 6.62. The topological polar surface area (TPSA) is 72.5 Å². The van der Waals surface area contributed by atoms with Crippen LogP contribution in [-0.4, -0.2) is 5.91 Å². The fourth-order valence-electron chi connectivity index (χ4n) is 4.94. The van der Waals surface area contributed by atoms with Gasteiger partial charge in [-0.25, -0.2) is 4.79 Å². The van der Waals surface area contributed by atoms with Crippen LogP contribution in [0.2, 0.25) is 0 Å². The number of nitrogens with one attached hydrogen (secondary N) is 1. The Labute approximate surface area is 198 Å². The quantitative estimate of drug-likeness (QED) is 0.331. The summed E-state index contributed by atoms with van der Waals surface area (Å²) in [5.74, 6) is 0.509. The largest absolute Gasteiger partial charge is 0.460 e. The molecule has 0 aliphatic heterocycles. The zero-order valence-corrected chi connectivity index (χ0v) is 19.4. The molecular weight excluding hydrogens is 459 g/mol. The summed E-state index contributed by atoms with van der Waals surface area (Å²) in [4.78, 5) is 25.3. The maximum Gasteiger partial charge on any atom is 0.416 e. The summed E-state index contributed by atoms with van der Waals surface area (Å²) in [5.41, 5.74) is 3.01. The number of carbonyl (C=O) groups is 1. The molecule has 0 spiro atoms. The van der Waals surface area contributed by atoms with Crippen LogP contribution in [0.4, 0.5) is 18.9 Å². The number of carbonyl (C=O) groups excluding carboxylic acids is 1. The van der Waals surface area contributed by atoms with Gasteiger partial charge in [-0.05, 0) is 69.4 Å². The molecule has 35 heavy (non-hydrogen) atoms. The Kier molecular flexibility index (Phi) is 5.69. The summed E-state index contributed by atoms with van der Waals surface area (Å²) in [6.07, 6.45) is -0.425. The van der Waals surface area contributed by atoms with Crippen LogP contribution in [0.3, 0.4) is 0 Å². The highest BCUT2D eigenvalue weighted by atomic mass is 19.4. The molecule has 2 aromatic heterocycles. The fourth-order valence-corrected chi connectivity index (χ4v) is 4.94. The number of anilines is 1. The lowest BCUT2D eigenvalue weighted by atomic mass is 9.93.